The predicted molar refractivity (Wildman–Crippen MR) is 102 cm³/mol. The van der Waals surface area contributed by atoms with Gasteiger partial charge in [-0.3, -0.25) is 9.59 Å². The van der Waals surface area contributed by atoms with Crippen LogP contribution in [0.5, 0.6) is 0 Å². The quantitative estimate of drug-likeness (QED) is 0.601. The number of hydrogen-bond acceptors (Lipinski definition) is 5. The topological polar surface area (TPSA) is 90.9 Å². The number of nitrogens with one attached hydrogen (secondary N) is 2. The number of fused-ring (bicyclic) bond motifs is 1. The molecule has 0 spiro atoms. The summed E-state index contributed by atoms with van der Waals surface area (Å²) in [6.07, 6.45) is 8.42. The minimum absolute atomic E-state index is 0.0237. The third-order valence-electron chi connectivity index (χ3n) is 5.58. The molecule has 7 nitrogen and oxygen atoms in total. The minimum Gasteiger partial charge on any atom is -0.497 e. The molecule has 0 saturated carbocycles. The van der Waals surface area contributed by atoms with Crippen LogP contribution in [-0.2, 0) is 14.3 Å². The van der Waals surface area contributed by atoms with Crippen LogP contribution in [-0.4, -0.2) is 53.9 Å². The van der Waals surface area contributed by atoms with E-state index in [0.29, 0.717) is 30.7 Å². The molecule has 4 aliphatic rings. The lowest BCUT2D eigenvalue weighted by Gasteiger charge is -2.27. The van der Waals surface area contributed by atoms with Gasteiger partial charge in [0.25, 0.3) is 5.91 Å². The molecule has 0 aromatic heterocycles. The van der Waals surface area contributed by atoms with Crippen LogP contribution in [0.1, 0.15) is 12.8 Å². The first-order valence-corrected chi connectivity index (χ1v) is 9.50. The molecule has 4 atom stereocenters. The van der Waals surface area contributed by atoms with E-state index in [4.69, 9.17) is 4.74 Å². The predicted octanol–water partition coefficient (Wildman–Crippen LogP) is 0.472. The lowest BCUT2D eigenvalue weighted by Crippen LogP contribution is -2.55. The van der Waals surface area contributed by atoms with E-state index in [1.165, 1.54) is 6.08 Å². The molecule has 152 valence electrons. The van der Waals surface area contributed by atoms with Gasteiger partial charge in [-0.25, -0.2) is 9.71 Å². The standard InChI is InChI=1S/C21H22FN3O4/c1-29-15-7-6-14-11-25(18(26)16(14)10-15)12-21(19(27)23-20(28)24-21)9-8-13-4-2-3-5-17(13)22/h3,5-7,10,14,16,20,24,28H,2,4,11-12H2,1H3,(H,23,27)/t14?,16?,20?,21-/m1/s1. The Balaban J connectivity index is 1.61. The molecule has 0 radical (unpaired) electrons. The molecular weight excluding hydrogens is 377 g/mol. The number of aliphatic hydroxyl groups is 1. The highest BCUT2D eigenvalue weighted by Gasteiger charge is 2.50. The summed E-state index contributed by atoms with van der Waals surface area (Å²) in [5, 5.41) is 15.0. The smallest absolute Gasteiger partial charge is 0.257 e. The zero-order valence-electron chi connectivity index (χ0n) is 15.9. The number of aliphatic hydroxyl groups excluding tert-OH is 1. The highest BCUT2D eigenvalue weighted by molar-refractivity contribution is 5.94. The minimum atomic E-state index is -1.52. The van der Waals surface area contributed by atoms with Crippen LogP contribution in [0.15, 0.2) is 47.5 Å². The zero-order valence-corrected chi connectivity index (χ0v) is 15.9. The first-order valence-electron chi connectivity index (χ1n) is 9.50. The van der Waals surface area contributed by atoms with Crippen LogP contribution in [0.3, 0.4) is 0 Å². The number of nitrogens with zero attached hydrogens (tertiary/aromatic N) is 1. The van der Waals surface area contributed by atoms with Gasteiger partial charge in [0.05, 0.1) is 19.6 Å². The normalized spacial score (nSPS) is 33.3. The Kier molecular flexibility index (Phi) is 5.03. The van der Waals surface area contributed by atoms with Crippen LogP contribution in [0.4, 0.5) is 4.39 Å². The van der Waals surface area contributed by atoms with Gasteiger partial charge in [-0.15, -0.1) is 0 Å². The second-order valence-corrected chi connectivity index (χ2v) is 7.48. The van der Waals surface area contributed by atoms with Gasteiger partial charge in [-0.2, -0.15) is 0 Å². The molecule has 0 bridgehead atoms. The first kappa shape index (κ1) is 19.4. The van der Waals surface area contributed by atoms with E-state index in [-0.39, 0.29) is 24.3 Å². The van der Waals surface area contributed by atoms with Gasteiger partial charge in [0.2, 0.25) is 5.91 Å². The summed E-state index contributed by atoms with van der Waals surface area (Å²) >= 11 is 0. The van der Waals surface area contributed by atoms with E-state index < -0.39 is 23.6 Å². The molecule has 0 aromatic rings. The third kappa shape index (κ3) is 3.59. The van der Waals surface area contributed by atoms with Crippen LogP contribution in [0, 0.1) is 23.7 Å². The Morgan fingerprint density at radius 1 is 1.41 bits per heavy atom. The van der Waals surface area contributed by atoms with Gasteiger partial charge < -0.3 is 20.1 Å². The maximum atomic E-state index is 14.0. The number of rotatable bonds is 3. The summed E-state index contributed by atoms with van der Waals surface area (Å²) in [6, 6.07) is 0. The van der Waals surface area contributed by atoms with E-state index in [2.05, 4.69) is 22.5 Å². The molecule has 2 heterocycles. The monoisotopic (exact) mass is 399 g/mol. The van der Waals surface area contributed by atoms with Crippen molar-refractivity contribution >= 4 is 11.8 Å². The maximum Gasteiger partial charge on any atom is 0.257 e. The van der Waals surface area contributed by atoms with Crippen molar-refractivity contribution in [3.63, 3.8) is 0 Å². The second kappa shape index (κ2) is 7.50. The van der Waals surface area contributed by atoms with Crippen LogP contribution in [0.25, 0.3) is 0 Å². The summed E-state index contributed by atoms with van der Waals surface area (Å²) in [5.74, 6) is 4.69. The molecule has 29 heavy (non-hydrogen) atoms. The molecule has 3 N–H and O–H groups in total. The SMILES string of the molecule is COC1=CC2C(=O)N(C[C@@]3(C#CC4=C(F)C=CCC4)NC(O)NC3=O)CC2C=C1. The largest absolute Gasteiger partial charge is 0.497 e. The summed E-state index contributed by atoms with van der Waals surface area (Å²) < 4.78 is 19.2. The van der Waals surface area contributed by atoms with Crippen LogP contribution in [0.2, 0.25) is 0 Å². The van der Waals surface area contributed by atoms with Gasteiger partial charge in [-0.05, 0) is 31.1 Å². The number of carbonyl (C=O) groups is 2. The lowest BCUT2D eigenvalue weighted by atomic mass is 9.91. The molecule has 2 amide bonds. The molecular formula is C21H22FN3O4. The van der Waals surface area contributed by atoms with E-state index >= 15 is 0 Å². The van der Waals surface area contributed by atoms with E-state index in [1.807, 2.05) is 12.2 Å². The number of amides is 2. The van der Waals surface area contributed by atoms with Crippen molar-refractivity contribution in [2.75, 3.05) is 20.2 Å². The van der Waals surface area contributed by atoms with E-state index in [1.54, 1.807) is 24.2 Å². The fraction of sp³-hybridized carbons (Fsp3) is 0.429. The Bertz CT molecular complexity index is 926. The number of likely N-dealkylation sites (tertiary alicyclic amines) is 1. The molecule has 8 heteroatoms. The number of allylic oxidation sites excluding steroid dienone is 5. The van der Waals surface area contributed by atoms with Gasteiger partial charge >= 0.3 is 0 Å². The summed E-state index contributed by atoms with van der Waals surface area (Å²) in [6.45, 7) is 0.366. The highest BCUT2D eigenvalue weighted by atomic mass is 19.1. The third-order valence-corrected chi connectivity index (χ3v) is 5.58. The number of ether oxygens (including phenoxy) is 1. The fourth-order valence-electron chi connectivity index (χ4n) is 4.01. The second-order valence-electron chi connectivity index (χ2n) is 7.48. The number of halogens is 1. The van der Waals surface area contributed by atoms with Crippen molar-refractivity contribution in [1.82, 2.24) is 15.5 Å². The van der Waals surface area contributed by atoms with Crippen molar-refractivity contribution in [3.8, 4) is 11.8 Å². The Morgan fingerprint density at radius 2 is 2.24 bits per heavy atom. The van der Waals surface area contributed by atoms with Crippen LogP contribution < -0.4 is 10.6 Å². The van der Waals surface area contributed by atoms with E-state index in [9.17, 15) is 19.1 Å². The number of methoxy groups -OCH3 is 1. The Labute approximate surface area is 168 Å². The molecule has 4 rings (SSSR count). The fourth-order valence-corrected chi connectivity index (χ4v) is 4.01. The molecule has 2 aliphatic carbocycles. The molecule has 0 aromatic carbocycles. The van der Waals surface area contributed by atoms with Crippen molar-refractivity contribution in [3.05, 3.63) is 47.5 Å². The van der Waals surface area contributed by atoms with Crippen molar-refractivity contribution in [1.29, 1.82) is 0 Å². The Hall–Kier alpha value is -2.89. The van der Waals surface area contributed by atoms with E-state index in [0.717, 1.165) is 0 Å². The van der Waals surface area contributed by atoms with Crippen LogP contribution >= 0.6 is 0 Å². The molecule has 3 unspecified atom stereocenters. The zero-order chi connectivity index (χ0) is 20.6. The van der Waals surface area contributed by atoms with Gasteiger partial charge in [0, 0.05) is 18.0 Å². The maximum absolute atomic E-state index is 14.0. The lowest BCUT2D eigenvalue weighted by molar-refractivity contribution is -0.131. The van der Waals surface area contributed by atoms with Gasteiger partial charge in [0.15, 0.2) is 11.9 Å². The summed E-state index contributed by atoms with van der Waals surface area (Å²) in [7, 11) is 1.54. The average Bonchev–Trinajstić information content (AvgIpc) is 3.16. The molecule has 2 aliphatic heterocycles. The van der Waals surface area contributed by atoms with Gasteiger partial charge in [-0.1, -0.05) is 24.0 Å². The summed E-state index contributed by atoms with van der Waals surface area (Å²) in [4.78, 5) is 27.1. The average molecular weight is 399 g/mol. The van der Waals surface area contributed by atoms with Crippen molar-refractivity contribution in [2.24, 2.45) is 11.8 Å². The first-order chi connectivity index (χ1) is 13.9. The Morgan fingerprint density at radius 3 is 2.93 bits per heavy atom. The van der Waals surface area contributed by atoms with Gasteiger partial charge in [0.1, 0.15) is 11.6 Å². The summed E-state index contributed by atoms with van der Waals surface area (Å²) in [5.41, 5.74) is -1.21. The van der Waals surface area contributed by atoms with Crippen molar-refractivity contribution < 1.29 is 23.8 Å². The molecule has 2 saturated heterocycles. The van der Waals surface area contributed by atoms with Crippen molar-refractivity contribution in [2.45, 2.75) is 24.7 Å². The molecule has 2 fully saturated rings. The highest BCUT2D eigenvalue weighted by Crippen LogP contribution is 2.33. The number of hydrogen-bond donors (Lipinski definition) is 3. The number of carbonyl (C=O) groups excluding carboxylic acids is 2.